The van der Waals surface area contributed by atoms with Crippen LogP contribution >= 0.6 is 0 Å². The van der Waals surface area contributed by atoms with Gasteiger partial charge in [-0.15, -0.1) is 0 Å². The molecule has 4 nitrogen and oxygen atoms in total. The lowest BCUT2D eigenvalue weighted by atomic mass is 10.2. The van der Waals surface area contributed by atoms with Gasteiger partial charge in [-0.2, -0.15) is 0 Å². The average Bonchev–Trinajstić information content (AvgIpc) is 2.17. The molecule has 0 fully saturated rings. The molecule has 0 unspecified atom stereocenters. The second kappa shape index (κ2) is 7.26. The molecule has 0 aromatic heterocycles. The SMILES string of the molecule is CCOC(=O)CCN(C(=O)CC)C(C)C. The number of nitrogens with zero attached hydrogens (tertiary/aromatic N) is 1. The van der Waals surface area contributed by atoms with E-state index in [9.17, 15) is 9.59 Å². The first-order chi connectivity index (χ1) is 7.02. The fraction of sp³-hybridized carbons (Fsp3) is 0.818. The van der Waals surface area contributed by atoms with Crippen LogP contribution in [0.2, 0.25) is 0 Å². The zero-order valence-electron chi connectivity index (χ0n) is 10.1. The van der Waals surface area contributed by atoms with Gasteiger partial charge in [0.05, 0.1) is 13.0 Å². The second-order valence-electron chi connectivity index (χ2n) is 3.59. The van der Waals surface area contributed by atoms with Gasteiger partial charge in [0.15, 0.2) is 0 Å². The number of hydrogen-bond donors (Lipinski definition) is 0. The third-order valence-corrected chi connectivity index (χ3v) is 2.11. The highest BCUT2D eigenvalue weighted by Gasteiger charge is 2.16. The standard InChI is InChI=1S/C11H21NO3/c1-5-10(13)12(9(3)4)8-7-11(14)15-6-2/h9H,5-8H2,1-4H3. The lowest BCUT2D eigenvalue weighted by Crippen LogP contribution is -2.38. The fourth-order valence-electron chi connectivity index (χ4n) is 1.32. The second-order valence-corrected chi connectivity index (χ2v) is 3.59. The largest absolute Gasteiger partial charge is 0.466 e. The van der Waals surface area contributed by atoms with E-state index in [1.165, 1.54) is 0 Å². The highest BCUT2D eigenvalue weighted by molar-refractivity contribution is 5.77. The third-order valence-electron chi connectivity index (χ3n) is 2.11. The molecule has 0 heterocycles. The van der Waals surface area contributed by atoms with E-state index in [1.54, 1.807) is 11.8 Å². The normalized spacial score (nSPS) is 10.2. The highest BCUT2D eigenvalue weighted by atomic mass is 16.5. The summed E-state index contributed by atoms with van der Waals surface area (Å²) in [6.07, 6.45) is 0.749. The smallest absolute Gasteiger partial charge is 0.307 e. The molecule has 0 rings (SSSR count). The Labute approximate surface area is 91.6 Å². The maximum absolute atomic E-state index is 11.5. The molecular weight excluding hydrogens is 194 g/mol. The Morgan fingerprint density at radius 3 is 2.27 bits per heavy atom. The van der Waals surface area contributed by atoms with Gasteiger partial charge in [-0.3, -0.25) is 9.59 Å². The molecule has 1 amide bonds. The van der Waals surface area contributed by atoms with E-state index in [1.807, 2.05) is 20.8 Å². The topological polar surface area (TPSA) is 46.6 Å². The monoisotopic (exact) mass is 215 g/mol. The fourth-order valence-corrected chi connectivity index (χ4v) is 1.32. The first kappa shape index (κ1) is 13.9. The van der Waals surface area contributed by atoms with E-state index in [0.717, 1.165) is 0 Å². The van der Waals surface area contributed by atoms with E-state index >= 15 is 0 Å². The van der Waals surface area contributed by atoms with Crippen molar-refractivity contribution in [2.24, 2.45) is 0 Å². The first-order valence-electron chi connectivity index (χ1n) is 5.48. The van der Waals surface area contributed by atoms with Gasteiger partial charge in [0, 0.05) is 19.0 Å². The van der Waals surface area contributed by atoms with Gasteiger partial charge in [0.25, 0.3) is 0 Å². The summed E-state index contributed by atoms with van der Waals surface area (Å²) in [7, 11) is 0. The number of amides is 1. The molecule has 0 N–H and O–H groups in total. The van der Waals surface area contributed by atoms with Gasteiger partial charge in [0.1, 0.15) is 0 Å². The molecule has 0 bridgehead atoms. The van der Waals surface area contributed by atoms with Gasteiger partial charge in [-0.1, -0.05) is 6.92 Å². The maximum Gasteiger partial charge on any atom is 0.307 e. The minimum Gasteiger partial charge on any atom is -0.466 e. The minimum absolute atomic E-state index is 0.0781. The average molecular weight is 215 g/mol. The molecule has 15 heavy (non-hydrogen) atoms. The summed E-state index contributed by atoms with van der Waals surface area (Å²) in [5, 5.41) is 0. The van der Waals surface area contributed by atoms with Crippen LogP contribution in [0.4, 0.5) is 0 Å². The number of rotatable bonds is 6. The zero-order valence-corrected chi connectivity index (χ0v) is 10.1. The van der Waals surface area contributed by atoms with Crippen LogP contribution in [0.25, 0.3) is 0 Å². The molecule has 0 saturated heterocycles. The van der Waals surface area contributed by atoms with E-state index in [-0.39, 0.29) is 24.3 Å². The maximum atomic E-state index is 11.5. The van der Waals surface area contributed by atoms with Gasteiger partial charge in [0.2, 0.25) is 5.91 Å². The van der Waals surface area contributed by atoms with Crippen molar-refractivity contribution in [2.45, 2.75) is 46.6 Å². The summed E-state index contributed by atoms with van der Waals surface area (Å²) in [6, 6.07) is 0.131. The van der Waals surface area contributed by atoms with E-state index < -0.39 is 0 Å². The van der Waals surface area contributed by atoms with Crippen molar-refractivity contribution in [3.8, 4) is 0 Å². The molecule has 0 aliphatic carbocycles. The van der Waals surface area contributed by atoms with Gasteiger partial charge in [-0.25, -0.2) is 0 Å². The molecule has 0 radical (unpaired) electrons. The molecule has 0 spiro atoms. The van der Waals surface area contributed by atoms with E-state index in [2.05, 4.69) is 0 Å². The number of ether oxygens (including phenoxy) is 1. The van der Waals surface area contributed by atoms with E-state index in [0.29, 0.717) is 19.6 Å². The zero-order chi connectivity index (χ0) is 11.8. The molecule has 88 valence electrons. The van der Waals surface area contributed by atoms with Crippen molar-refractivity contribution in [2.75, 3.05) is 13.2 Å². The lowest BCUT2D eigenvalue weighted by Gasteiger charge is -2.25. The Morgan fingerprint density at radius 2 is 1.87 bits per heavy atom. The summed E-state index contributed by atoms with van der Waals surface area (Å²) in [6.45, 7) is 8.32. The van der Waals surface area contributed by atoms with Crippen LogP contribution in [0.5, 0.6) is 0 Å². The summed E-state index contributed by atoms with van der Waals surface area (Å²) >= 11 is 0. The summed E-state index contributed by atoms with van der Waals surface area (Å²) in [5.41, 5.74) is 0. The molecule has 0 aliphatic heterocycles. The predicted molar refractivity (Wildman–Crippen MR) is 58.4 cm³/mol. The number of esters is 1. The van der Waals surface area contributed by atoms with Gasteiger partial charge >= 0.3 is 5.97 Å². The molecular formula is C11H21NO3. The third kappa shape index (κ3) is 5.40. The highest BCUT2D eigenvalue weighted by Crippen LogP contribution is 2.03. The quantitative estimate of drug-likeness (QED) is 0.632. The Kier molecular flexibility index (Phi) is 6.75. The first-order valence-corrected chi connectivity index (χ1v) is 5.48. The Balaban J connectivity index is 4.07. The van der Waals surface area contributed by atoms with E-state index in [4.69, 9.17) is 4.74 Å². The van der Waals surface area contributed by atoms with Crippen LogP contribution in [-0.2, 0) is 14.3 Å². The molecule has 0 atom stereocenters. The number of carbonyl (C=O) groups excluding carboxylic acids is 2. The molecule has 0 aliphatic rings. The summed E-state index contributed by atoms with van der Waals surface area (Å²) in [5.74, 6) is -0.165. The van der Waals surface area contributed by atoms with Crippen molar-refractivity contribution in [1.82, 2.24) is 4.90 Å². The van der Waals surface area contributed by atoms with Crippen molar-refractivity contribution < 1.29 is 14.3 Å². The Bertz CT molecular complexity index is 214. The summed E-state index contributed by atoms with van der Waals surface area (Å²) < 4.78 is 4.81. The van der Waals surface area contributed by atoms with Crippen molar-refractivity contribution in [3.63, 3.8) is 0 Å². The van der Waals surface area contributed by atoms with Crippen LogP contribution in [0.3, 0.4) is 0 Å². The van der Waals surface area contributed by atoms with Crippen LogP contribution in [0, 0.1) is 0 Å². The van der Waals surface area contributed by atoms with Crippen molar-refractivity contribution >= 4 is 11.9 Å². The predicted octanol–water partition coefficient (Wildman–Crippen LogP) is 1.59. The van der Waals surface area contributed by atoms with Gasteiger partial charge < -0.3 is 9.64 Å². The van der Waals surface area contributed by atoms with Crippen LogP contribution in [0.1, 0.15) is 40.5 Å². The van der Waals surface area contributed by atoms with Crippen LogP contribution in [0.15, 0.2) is 0 Å². The van der Waals surface area contributed by atoms with Crippen LogP contribution < -0.4 is 0 Å². The molecule has 4 heteroatoms. The van der Waals surface area contributed by atoms with Crippen LogP contribution in [-0.4, -0.2) is 36.0 Å². The van der Waals surface area contributed by atoms with Crippen molar-refractivity contribution in [3.05, 3.63) is 0 Å². The van der Waals surface area contributed by atoms with Gasteiger partial charge in [-0.05, 0) is 20.8 Å². The summed E-state index contributed by atoms with van der Waals surface area (Å²) in [4.78, 5) is 24.3. The molecule has 0 aromatic carbocycles. The minimum atomic E-state index is -0.243. The Morgan fingerprint density at radius 1 is 1.27 bits per heavy atom. The molecule has 0 saturated carbocycles. The molecule has 0 aromatic rings. The Hall–Kier alpha value is -1.06. The lowest BCUT2D eigenvalue weighted by molar-refractivity contribution is -0.144. The van der Waals surface area contributed by atoms with Crippen molar-refractivity contribution in [1.29, 1.82) is 0 Å². The number of carbonyl (C=O) groups is 2. The number of hydrogen-bond acceptors (Lipinski definition) is 3.